The van der Waals surface area contributed by atoms with Gasteiger partial charge in [-0.3, -0.25) is 0 Å². The summed E-state index contributed by atoms with van der Waals surface area (Å²) in [4.78, 5) is 0. The summed E-state index contributed by atoms with van der Waals surface area (Å²) < 4.78 is 5.70. The summed E-state index contributed by atoms with van der Waals surface area (Å²) in [6.07, 6.45) is 0.354. The number of rotatable bonds is 8. The van der Waals surface area contributed by atoms with Crippen LogP contribution in [0.1, 0.15) is 5.56 Å². The molecule has 0 spiro atoms. The molecule has 130 valence electrons. The zero-order valence-corrected chi connectivity index (χ0v) is 14.7. The Morgan fingerprint density at radius 1 is 0.960 bits per heavy atom. The summed E-state index contributed by atoms with van der Waals surface area (Å²) in [6, 6.07) is 21.9. The van der Waals surface area contributed by atoms with Crippen LogP contribution in [-0.2, 0) is 6.42 Å². The molecule has 3 aromatic rings. The van der Waals surface area contributed by atoms with Gasteiger partial charge in [0.15, 0.2) is 0 Å². The van der Waals surface area contributed by atoms with Crippen molar-refractivity contribution in [1.29, 1.82) is 0 Å². The number of benzene rings is 3. The zero-order valence-electron chi connectivity index (χ0n) is 14.0. The second-order valence-corrected chi connectivity index (χ2v) is 6.49. The molecule has 2 N–H and O–H groups in total. The van der Waals surface area contributed by atoms with Crippen molar-refractivity contribution in [2.45, 2.75) is 12.5 Å². The molecule has 0 aliphatic rings. The van der Waals surface area contributed by atoms with E-state index in [2.05, 4.69) is 17.4 Å². The third-order valence-corrected chi connectivity index (χ3v) is 4.30. The SMILES string of the molecule is OC(CNCCc1ccc(Cl)cc1)COc1ccc2ccccc2c1. The number of hydrogen-bond acceptors (Lipinski definition) is 3. The van der Waals surface area contributed by atoms with Gasteiger partial charge in [-0.15, -0.1) is 0 Å². The van der Waals surface area contributed by atoms with Crippen LogP contribution in [0.25, 0.3) is 10.8 Å². The highest BCUT2D eigenvalue weighted by Gasteiger charge is 2.05. The van der Waals surface area contributed by atoms with E-state index in [1.807, 2.05) is 54.6 Å². The lowest BCUT2D eigenvalue weighted by atomic mass is 10.1. The Bertz CT molecular complexity index is 804. The molecule has 4 heteroatoms. The summed E-state index contributed by atoms with van der Waals surface area (Å²) in [5.41, 5.74) is 1.22. The Hall–Kier alpha value is -2.07. The first kappa shape index (κ1) is 17.7. The predicted octanol–water partition coefficient (Wildman–Crippen LogP) is 4.07. The van der Waals surface area contributed by atoms with E-state index in [1.165, 1.54) is 10.9 Å². The second-order valence-electron chi connectivity index (χ2n) is 6.05. The van der Waals surface area contributed by atoms with Crippen LogP contribution in [0.2, 0.25) is 5.02 Å². The summed E-state index contributed by atoms with van der Waals surface area (Å²) in [5, 5.41) is 16.4. The molecule has 0 radical (unpaired) electrons. The number of fused-ring (bicyclic) bond motifs is 1. The Balaban J connectivity index is 1.38. The van der Waals surface area contributed by atoms with Crippen molar-refractivity contribution in [3.8, 4) is 5.75 Å². The Kier molecular flexibility index (Phi) is 6.29. The maximum Gasteiger partial charge on any atom is 0.120 e. The number of hydrogen-bond donors (Lipinski definition) is 2. The molecule has 0 heterocycles. The highest BCUT2D eigenvalue weighted by atomic mass is 35.5. The Morgan fingerprint density at radius 3 is 2.52 bits per heavy atom. The topological polar surface area (TPSA) is 41.5 Å². The van der Waals surface area contributed by atoms with Gasteiger partial charge in [0, 0.05) is 11.6 Å². The van der Waals surface area contributed by atoms with E-state index < -0.39 is 6.10 Å². The van der Waals surface area contributed by atoms with E-state index in [-0.39, 0.29) is 6.61 Å². The van der Waals surface area contributed by atoms with Gasteiger partial charge in [0.1, 0.15) is 18.5 Å². The lowest BCUT2D eigenvalue weighted by Crippen LogP contribution is -2.32. The summed E-state index contributed by atoms with van der Waals surface area (Å²) in [5.74, 6) is 0.777. The van der Waals surface area contributed by atoms with E-state index in [9.17, 15) is 5.11 Å². The van der Waals surface area contributed by atoms with Crippen LogP contribution < -0.4 is 10.1 Å². The average molecular weight is 356 g/mol. The minimum atomic E-state index is -0.545. The molecule has 0 saturated carbocycles. The van der Waals surface area contributed by atoms with E-state index in [1.54, 1.807) is 0 Å². The van der Waals surface area contributed by atoms with Crippen LogP contribution in [0.3, 0.4) is 0 Å². The number of halogens is 1. The van der Waals surface area contributed by atoms with Gasteiger partial charge in [0.2, 0.25) is 0 Å². The first-order chi connectivity index (χ1) is 12.2. The first-order valence-corrected chi connectivity index (χ1v) is 8.83. The third kappa shape index (κ3) is 5.46. The number of nitrogens with one attached hydrogen (secondary N) is 1. The molecule has 1 unspecified atom stereocenters. The monoisotopic (exact) mass is 355 g/mol. The van der Waals surface area contributed by atoms with E-state index in [0.717, 1.165) is 29.1 Å². The summed E-state index contributed by atoms with van der Waals surface area (Å²) >= 11 is 5.87. The molecule has 1 atom stereocenters. The maximum absolute atomic E-state index is 10.1. The van der Waals surface area contributed by atoms with Crippen molar-refractivity contribution in [2.75, 3.05) is 19.7 Å². The molecule has 0 aromatic heterocycles. The summed E-state index contributed by atoms with van der Waals surface area (Å²) in [6.45, 7) is 1.57. The number of aliphatic hydroxyl groups excluding tert-OH is 1. The fraction of sp³-hybridized carbons (Fsp3) is 0.238. The van der Waals surface area contributed by atoms with Gasteiger partial charge in [-0.05, 0) is 53.6 Å². The number of aliphatic hydroxyl groups is 1. The van der Waals surface area contributed by atoms with Crippen LogP contribution in [0.4, 0.5) is 0 Å². The minimum Gasteiger partial charge on any atom is -0.491 e. The van der Waals surface area contributed by atoms with Crippen molar-refractivity contribution in [3.63, 3.8) is 0 Å². The average Bonchev–Trinajstić information content (AvgIpc) is 2.65. The Morgan fingerprint density at radius 2 is 1.72 bits per heavy atom. The Labute approximate surface area is 153 Å². The van der Waals surface area contributed by atoms with Crippen molar-refractivity contribution in [1.82, 2.24) is 5.32 Å². The maximum atomic E-state index is 10.1. The molecular weight excluding hydrogens is 334 g/mol. The molecule has 3 aromatic carbocycles. The van der Waals surface area contributed by atoms with Gasteiger partial charge in [-0.25, -0.2) is 0 Å². The van der Waals surface area contributed by atoms with Crippen LogP contribution in [0, 0.1) is 0 Å². The van der Waals surface area contributed by atoms with Crippen LogP contribution >= 0.6 is 11.6 Å². The van der Waals surface area contributed by atoms with E-state index in [0.29, 0.717) is 6.54 Å². The third-order valence-electron chi connectivity index (χ3n) is 4.05. The lowest BCUT2D eigenvalue weighted by molar-refractivity contribution is 0.107. The van der Waals surface area contributed by atoms with Crippen LogP contribution in [0.15, 0.2) is 66.7 Å². The molecule has 0 saturated heterocycles. The van der Waals surface area contributed by atoms with Gasteiger partial charge >= 0.3 is 0 Å². The smallest absolute Gasteiger partial charge is 0.120 e. The summed E-state index contributed by atoms with van der Waals surface area (Å²) in [7, 11) is 0. The van der Waals surface area contributed by atoms with Gasteiger partial charge in [-0.2, -0.15) is 0 Å². The number of ether oxygens (including phenoxy) is 1. The molecule has 3 nitrogen and oxygen atoms in total. The van der Waals surface area contributed by atoms with E-state index in [4.69, 9.17) is 16.3 Å². The van der Waals surface area contributed by atoms with Crippen molar-refractivity contribution in [3.05, 3.63) is 77.3 Å². The molecule has 0 aliphatic heterocycles. The molecule has 25 heavy (non-hydrogen) atoms. The van der Waals surface area contributed by atoms with Crippen molar-refractivity contribution in [2.24, 2.45) is 0 Å². The molecule has 0 fully saturated rings. The van der Waals surface area contributed by atoms with Gasteiger partial charge in [0.25, 0.3) is 0 Å². The van der Waals surface area contributed by atoms with Crippen molar-refractivity contribution < 1.29 is 9.84 Å². The highest BCUT2D eigenvalue weighted by Crippen LogP contribution is 2.20. The largest absolute Gasteiger partial charge is 0.491 e. The normalized spacial score (nSPS) is 12.2. The van der Waals surface area contributed by atoms with Gasteiger partial charge in [-0.1, -0.05) is 54.1 Å². The molecule has 0 aliphatic carbocycles. The van der Waals surface area contributed by atoms with Crippen LogP contribution in [-0.4, -0.2) is 30.9 Å². The molecular formula is C21H22ClNO2. The fourth-order valence-electron chi connectivity index (χ4n) is 2.66. The zero-order chi connectivity index (χ0) is 17.5. The van der Waals surface area contributed by atoms with Gasteiger partial charge < -0.3 is 15.2 Å². The van der Waals surface area contributed by atoms with Gasteiger partial charge in [0.05, 0.1) is 0 Å². The predicted molar refractivity (Wildman–Crippen MR) is 103 cm³/mol. The molecule has 0 bridgehead atoms. The van der Waals surface area contributed by atoms with Crippen molar-refractivity contribution >= 4 is 22.4 Å². The fourth-order valence-corrected chi connectivity index (χ4v) is 2.79. The molecule has 0 amide bonds. The second kappa shape index (κ2) is 8.86. The van der Waals surface area contributed by atoms with E-state index >= 15 is 0 Å². The van der Waals surface area contributed by atoms with Crippen LogP contribution in [0.5, 0.6) is 5.75 Å². The lowest BCUT2D eigenvalue weighted by Gasteiger charge is -2.14. The minimum absolute atomic E-state index is 0.270. The highest BCUT2D eigenvalue weighted by molar-refractivity contribution is 6.30. The standard InChI is InChI=1S/C21H22ClNO2/c22-19-8-5-16(6-9-19)11-12-23-14-20(24)15-25-21-10-7-17-3-1-2-4-18(17)13-21/h1-10,13,20,23-24H,11-12,14-15H2. The molecule has 3 rings (SSSR count). The first-order valence-electron chi connectivity index (χ1n) is 8.45. The quantitative estimate of drug-likeness (QED) is 0.598.